The van der Waals surface area contributed by atoms with Crippen molar-refractivity contribution in [3.8, 4) is 0 Å². The summed E-state index contributed by atoms with van der Waals surface area (Å²) in [6, 6.07) is 18.0. The Hall–Kier alpha value is -1.22. The quantitative estimate of drug-likeness (QED) is 0.802. The first-order chi connectivity index (χ1) is 11.1. The van der Waals surface area contributed by atoms with Crippen LogP contribution in [0.25, 0.3) is 0 Å². The molecule has 23 heavy (non-hydrogen) atoms. The van der Waals surface area contributed by atoms with Gasteiger partial charge in [0.2, 0.25) is 10.0 Å². The van der Waals surface area contributed by atoms with E-state index < -0.39 is 10.0 Å². The molecule has 0 N–H and O–H groups in total. The Kier molecular flexibility index (Phi) is 3.79. The molecule has 5 heteroatoms. The SMILES string of the molecule is Cc1ccc(S(=O)(=O)N2C[C@@H]3C[C@H]2C[P@]3c2ccccc2)cc1. The lowest BCUT2D eigenvalue weighted by atomic mass is 10.2. The smallest absolute Gasteiger partial charge is 0.207 e. The van der Waals surface area contributed by atoms with E-state index in [4.69, 9.17) is 0 Å². The van der Waals surface area contributed by atoms with Crippen molar-refractivity contribution in [1.29, 1.82) is 0 Å². The van der Waals surface area contributed by atoms with Gasteiger partial charge in [-0.25, -0.2) is 8.42 Å². The molecule has 0 spiro atoms. The van der Waals surface area contributed by atoms with Gasteiger partial charge in [0.1, 0.15) is 0 Å². The number of benzene rings is 2. The number of rotatable bonds is 3. The van der Waals surface area contributed by atoms with Crippen molar-refractivity contribution in [3.63, 3.8) is 0 Å². The lowest BCUT2D eigenvalue weighted by Gasteiger charge is -2.31. The van der Waals surface area contributed by atoms with Crippen LogP contribution in [0, 0.1) is 6.92 Å². The van der Waals surface area contributed by atoms with E-state index in [1.807, 2.05) is 25.1 Å². The number of fused-ring (bicyclic) bond motifs is 2. The van der Waals surface area contributed by atoms with Gasteiger partial charge < -0.3 is 0 Å². The van der Waals surface area contributed by atoms with Crippen LogP contribution >= 0.6 is 7.92 Å². The summed E-state index contributed by atoms with van der Waals surface area (Å²) < 4.78 is 27.6. The van der Waals surface area contributed by atoms with E-state index in [1.54, 1.807) is 16.4 Å². The van der Waals surface area contributed by atoms with Crippen molar-refractivity contribution in [2.75, 3.05) is 12.7 Å². The molecule has 2 fully saturated rings. The fourth-order valence-electron chi connectivity index (χ4n) is 3.71. The van der Waals surface area contributed by atoms with E-state index in [-0.39, 0.29) is 14.0 Å². The van der Waals surface area contributed by atoms with Crippen molar-refractivity contribution >= 4 is 23.2 Å². The van der Waals surface area contributed by atoms with Crippen LogP contribution in [0.3, 0.4) is 0 Å². The topological polar surface area (TPSA) is 37.4 Å². The summed E-state index contributed by atoms with van der Waals surface area (Å²) in [5.74, 6) is 0. The molecule has 0 saturated carbocycles. The zero-order valence-electron chi connectivity index (χ0n) is 13.1. The highest BCUT2D eigenvalue weighted by Crippen LogP contribution is 2.55. The molecule has 2 aliphatic rings. The first-order valence-corrected chi connectivity index (χ1v) is 11.0. The van der Waals surface area contributed by atoms with Crippen molar-refractivity contribution in [2.45, 2.75) is 29.9 Å². The molecule has 2 heterocycles. The number of aryl methyl sites for hydroxylation is 1. The van der Waals surface area contributed by atoms with Gasteiger partial charge in [-0.2, -0.15) is 4.31 Å². The van der Waals surface area contributed by atoms with Crippen LogP contribution < -0.4 is 5.30 Å². The summed E-state index contributed by atoms with van der Waals surface area (Å²) in [6.07, 6.45) is 2.03. The molecule has 2 saturated heterocycles. The second kappa shape index (κ2) is 5.70. The van der Waals surface area contributed by atoms with Crippen LogP contribution in [0.2, 0.25) is 0 Å². The molecule has 4 rings (SSSR count). The molecular weight excluding hydrogens is 325 g/mol. The van der Waals surface area contributed by atoms with Gasteiger partial charge in [0.15, 0.2) is 0 Å². The second-order valence-electron chi connectivity index (χ2n) is 6.42. The highest BCUT2D eigenvalue weighted by Gasteiger charge is 2.49. The summed E-state index contributed by atoms with van der Waals surface area (Å²) in [7, 11) is -3.56. The lowest BCUT2D eigenvalue weighted by Crippen LogP contribution is -2.40. The number of sulfonamides is 1. The highest BCUT2D eigenvalue weighted by molar-refractivity contribution is 7.89. The highest BCUT2D eigenvalue weighted by atomic mass is 32.2. The van der Waals surface area contributed by atoms with Crippen LogP contribution in [0.5, 0.6) is 0 Å². The first-order valence-electron chi connectivity index (χ1n) is 7.96. The van der Waals surface area contributed by atoms with Gasteiger partial charge in [0.05, 0.1) is 4.90 Å². The summed E-state index contributed by atoms with van der Waals surface area (Å²) >= 11 is 0. The summed E-state index contributed by atoms with van der Waals surface area (Å²) in [5, 5.41) is 1.42. The molecule has 0 radical (unpaired) electrons. The van der Waals surface area contributed by atoms with E-state index in [2.05, 4.69) is 24.3 Å². The molecule has 0 aromatic heterocycles. The van der Waals surface area contributed by atoms with Gasteiger partial charge in [-0.1, -0.05) is 55.9 Å². The minimum Gasteiger partial charge on any atom is -0.207 e. The van der Waals surface area contributed by atoms with Gasteiger partial charge >= 0.3 is 0 Å². The molecule has 2 aromatic carbocycles. The monoisotopic (exact) mass is 345 g/mol. The molecular formula is C18H20NO2PS. The zero-order valence-corrected chi connectivity index (χ0v) is 14.8. The molecule has 120 valence electrons. The predicted molar refractivity (Wildman–Crippen MR) is 95.1 cm³/mol. The normalized spacial score (nSPS) is 27.4. The van der Waals surface area contributed by atoms with Gasteiger partial charge in [0, 0.05) is 12.6 Å². The Morgan fingerprint density at radius 3 is 2.35 bits per heavy atom. The summed E-state index contributed by atoms with van der Waals surface area (Å²) in [4.78, 5) is 0.430. The minimum absolute atomic E-state index is 0.178. The van der Waals surface area contributed by atoms with Crippen LogP contribution in [-0.2, 0) is 10.0 Å². The molecule has 3 nitrogen and oxygen atoms in total. The van der Waals surface area contributed by atoms with Crippen molar-refractivity contribution in [1.82, 2.24) is 4.31 Å². The molecule has 3 atom stereocenters. The summed E-state index contributed by atoms with van der Waals surface area (Å²) in [5.41, 5.74) is 1.59. The maximum absolute atomic E-state index is 12.9. The third-order valence-corrected chi connectivity index (χ3v) is 9.87. The van der Waals surface area contributed by atoms with E-state index in [1.165, 1.54) is 5.30 Å². The predicted octanol–water partition coefficient (Wildman–Crippen LogP) is 2.95. The maximum Gasteiger partial charge on any atom is 0.243 e. The van der Waals surface area contributed by atoms with Gasteiger partial charge in [-0.3, -0.25) is 0 Å². The van der Waals surface area contributed by atoms with Crippen molar-refractivity contribution < 1.29 is 8.42 Å². The largest absolute Gasteiger partial charge is 0.243 e. The third-order valence-electron chi connectivity index (χ3n) is 4.91. The molecule has 0 aliphatic carbocycles. The molecule has 0 unspecified atom stereocenters. The molecule has 2 aromatic rings. The zero-order chi connectivity index (χ0) is 16.0. The van der Waals surface area contributed by atoms with Gasteiger partial charge in [-0.15, -0.1) is 0 Å². The molecule has 2 bridgehead atoms. The van der Waals surface area contributed by atoms with E-state index >= 15 is 0 Å². The fourth-order valence-corrected chi connectivity index (χ4v) is 8.76. The van der Waals surface area contributed by atoms with Crippen LogP contribution in [0.1, 0.15) is 12.0 Å². The second-order valence-corrected chi connectivity index (χ2v) is 10.9. The Bertz CT molecular complexity index is 805. The number of hydrogen-bond acceptors (Lipinski definition) is 2. The Labute approximate surface area is 139 Å². The number of hydrogen-bond donors (Lipinski definition) is 0. The van der Waals surface area contributed by atoms with Gasteiger partial charge in [0.25, 0.3) is 0 Å². The van der Waals surface area contributed by atoms with E-state index in [0.717, 1.165) is 18.1 Å². The minimum atomic E-state index is -3.35. The van der Waals surface area contributed by atoms with Gasteiger partial charge in [-0.05, 0) is 42.6 Å². The summed E-state index contributed by atoms with van der Waals surface area (Å²) in [6.45, 7) is 2.66. The molecule has 2 aliphatic heterocycles. The van der Waals surface area contributed by atoms with E-state index in [0.29, 0.717) is 17.1 Å². The van der Waals surface area contributed by atoms with E-state index in [9.17, 15) is 8.42 Å². The first kappa shape index (κ1) is 15.3. The van der Waals surface area contributed by atoms with Crippen LogP contribution in [-0.4, -0.2) is 37.1 Å². The van der Waals surface area contributed by atoms with Crippen molar-refractivity contribution in [2.24, 2.45) is 0 Å². The van der Waals surface area contributed by atoms with Crippen LogP contribution in [0.4, 0.5) is 0 Å². The number of nitrogens with zero attached hydrogens (tertiary/aromatic N) is 1. The third kappa shape index (κ3) is 2.63. The fraction of sp³-hybridized carbons (Fsp3) is 0.333. The average Bonchev–Trinajstić information content (AvgIpc) is 3.17. The van der Waals surface area contributed by atoms with Crippen LogP contribution in [0.15, 0.2) is 59.5 Å². The Morgan fingerprint density at radius 2 is 1.74 bits per heavy atom. The molecule has 0 amide bonds. The maximum atomic E-state index is 12.9. The Balaban J connectivity index is 1.57. The van der Waals surface area contributed by atoms with Crippen molar-refractivity contribution in [3.05, 3.63) is 60.2 Å². The lowest BCUT2D eigenvalue weighted by molar-refractivity contribution is 0.408. The Morgan fingerprint density at radius 1 is 1.04 bits per heavy atom. The standard InChI is InChI=1S/C18H20NO2PS/c1-14-7-9-18(10-8-14)23(20,21)19-12-17-11-15(19)13-22(17)16-5-3-2-4-6-16/h2-10,15,17H,11-13H2,1H3/t15-,17-,22+/m0/s1. The average molecular weight is 345 g/mol.